The van der Waals surface area contributed by atoms with Gasteiger partial charge in [-0.25, -0.2) is 4.98 Å². The number of aromatic nitrogens is 2. The Balaban J connectivity index is 0.000000357. The average molecular weight is 432 g/mol. The van der Waals surface area contributed by atoms with E-state index in [4.69, 9.17) is 0 Å². The van der Waals surface area contributed by atoms with Crippen molar-refractivity contribution in [1.82, 2.24) is 9.97 Å². The summed E-state index contributed by atoms with van der Waals surface area (Å²) in [6, 6.07) is 3.40. The Morgan fingerprint density at radius 2 is 1.03 bits per heavy atom. The van der Waals surface area contributed by atoms with E-state index in [0.717, 1.165) is 12.1 Å². The van der Waals surface area contributed by atoms with Gasteiger partial charge < -0.3 is 4.98 Å². The summed E-state index contributed by atoms with van der Waals surface area (Å²) in [6.45, 7) is 3.41. The van der Waals surface area contributed by atoms with Gasteiger partial charge in [-0.1, -0.05) is 11.8 Å². The van der Waals surface area contributed by atoms with E-state index in [9.17, 15) is 13.2 Å². The minimum atomic E-state index is -4.29. The molecule has 0 aliphatic heterocycles. The maximum absolute atomic E-state index is 12.2. The molecule has 2 nitrogen and oxygen atoms in total. The van der Waals surface area contributed by atoms with Crippen molar-refractivity contribution in [1.29, 1.82) is 0 Å². The first-order chi connectivity index (χ1) is 16.0. The molecule has 2 rings (SSSR count). The number of alkyl halides is 3. The lowest BCUT2D eigenvalue weighted by Crippen LogP contribution is -2.04. The maximum Gasteiger partial charge on any atom is 0.416 e. The van der Waals surface area contributed by atoms with Crippen LogP contribution in [0.5, 0.6) is 0 Å². The van der Waals surface area contributed by atoms with Gasteiger partial charge in [0.2, 0.25) is 0 Å². The molecule has 1 N–H and O–H groups in total. The van der Waals surface area contributed by atoms with Crippen LogP contribution < -0.4 is 0 Å². The first-order valence-corrected chi connectivity index (χ1v) is 8.83. The predicted molar refractivity (Wildman–Crippen MR) is 122 cm³/mol. The summed E-state index contributed by atoms with van der Waals surface area (Å²) in [5, 5.41) is 0. The van der Waals surface area contributed by atoms with Gasteiger partial charge in [-0.15, -0.1) is 0 Å². The number of nitrogens with zero attached hydrogens (tertiary/aromatic N) is 1. The standard InChI is InChI=1S/C20H6.C8H5F3N2/c1-3-5-7-9-11-13-15-17-19-20-18-16-14-12-10-8-6-4-2;9-8(10,11)5-1-2-6-7(3-5)13-4-12-6/h1-2H3;1-4H,(H,12,13). The number of aromatic amines is 1. The Morgan fingerprint density at radius 1 is 0.636 bits per heavy atom. The zero-order chi connectivity index (χ0) is 24.2. The lowest BCUT2D eigenvalue weighted by Gasteiger charge is -2.04. The average Bonchev–Trinajstić information content (AvgIpc) is 3.27. The molecular formula is C28H11F3N2. The fourth-order valence-electron chi connectivity index (χ4n) is 1.67. The normalized spacial score (nSPS) is 7.18. The first-order valence-electron chi connectivity index (χ1n) is 8.83. The van der Waals surface area contributed by atoms with Crippen LogP contribution in [0.2, 0.25) is 0 Å². The lowest BCUT2D eigenvalue weighted by molar-refractivity contribution is -0.137. The second-order valence-electron chi connectivity index (χ2n) is 5.13. The highest BCUT2D eigenvalue weighted by Gasteiger charge is 2.30. The maximum atomic E-state index is 12.2. The van der Waals surface area contributed by atoms with Gasteiger partial charge in [-0.2, -0.15) is 13.2 Å². The van der Waals surface area contributed by atoms with Gasteiger partial charge in [0.15, 0.2) is 0 Å². The van der Waals surface area contributed by atoms with Gasteiger partial charge in [0, 0.05) is 0 Å². The number of H-pyrrole nitrogens is 1. The SMILES string of the molecule is CC#CC#CC#CC#CC#CC#CC#CC#CC#CC.FC(F)(F)c1ccc2nc[nH]c2c1. The third-order valence-corrected chi connectivity index (χ3v) is 2.94. The fourth-order valence-corrected chi connectivity index (χ4v) is 1.67. The Labute approximate surface area is 191 Å². The lowest BCUT2D eigenvalue weighted by atomic mass is 10.2. The monoisotopic (exact) mass is 432 g/mol. The smallest absolute Gasteiger partial charge is 0.345 e. The molecule has 0 radical (unpaired) electrons. The minimum absolute atomic E-state index is 0.398. The molecule has 33 heavy (non-hydrogen) atoms. The third-order valence-electron chi connectivity index (χ3n) is 2.94. The molecule has 0 saturated heterocycles. The van der Waals surface area contributed by atoms with E-state index < -0.39 is 11.7 Å². The Kier molecular flexibility index (Phi) is 11.9. The second-order valence-corrected chi connectivity index (χ2v) is 5.13. The summed E-state index contributed by atoms with van der Waals surface area (Å²) in [5.74, 6) is 45.6. The molecule has 0 bridgehead atoms. The van der Waals surface area contributed by atoms with Gasteiger partial charge in [0.05, 0.1) is 22.9 Å². The van der Waals surface area contributed by atoms with Gasteiger partial charge in [-0.3, -0.25) is 0 Å². The van der Waals surface area contributed by atoms with Crippen molar-refractivity contribution >= 4 is 11.0 Å². The van der Waals surface area contributed by atoms with Crippen molar-refractivity contribution in [2.24, 2.45) is 0 Å². The molecule has 1 aromatic carbocycles. The molecule has 5 heteroatoms. The van der Waals surface area contributed by atoms with E-state index in [1.54, 1.807) is 13.8 Å². The molecule has 0 fully saturated rings. The van der Waals surface area contributed by atoms with Gasteiger partial charge in [0.1, 0.15) is 0 Å². The van der Waals surface area contributed by atoms with Gasteiger partial charge in [0.25, 0.3) is 0 Å². The van der Waals surface area contributed by atoms with Crippen LogP contribution in [0, 0.1) is 107 Å². The third kappa shape index (κ3) is 12.0. The molecule has 0 aliphatic rings. The molecule has 1 heterocycles. The zero-order valence-corrected chi connectivity index (χ0v) is 17.4. The Morgan fingerprint density at radius 3 is 1.39 bits per heavy atom. The Hall–Kier alpha value is -5.48. The van der Waals surface area contributed by atoms with Crippen molar-refractivity contribution < 1.29 is 13.2 Å². The van der Waals surface area contributed by atoms with Crippen LogP contribution in [0.15, 0.2) is 24.5 Å². The molecule has 0 atom stereocenters. The molecular weight excluding hydrogens is 421 g/mol. The summed E-state index contributed by atoms with van der Waals surface area (Å²) < 4.78 is 36.6. The van der Waals surface area contributed by atoms with Crippen molar-refractivity contribution in [3.63, 3.8) is 0 Å². The highest BCUT2D eigenvalue weighted by molar-refractivity contribution is 5.75. The highest BCUT2D eigenvalue weighted by atomic mass is 19.4. The van der Waals surface area contributed by atoms with Crippen LogP contribution in [0.1, 0.15) is 19.4 Å². The number of nitrogens with one attached hydrogen (secondary N) is 1. The Bertz CT molecular complexity index is 1490. The minimum Gasteiger partial charge on any atom is -0.345 e. The number of hydrogen-bond acceptors (Lipinski definition) is 1. The van der Waals surface area contributed by atoms with Gasteiger partial charge in [-0.05, 0) is 127 Å². The van der Waals surface area contributed by atoms with Crippen LogP contribution in [0.3, 0.4) is 0 Å². The van der Waals surface area contributed by atoms with E-state index in [2.05, 4.69) is 117 Å². The van der Waals surface area contributed by atoms with Gasteiger partial charge >= 0.3 is 6.18 Å². The van der Waals surface area contributed by atoms with Crippen molar-refractivity contribution in [3.05, 3.63) is 30.1 Å². The van der Waals surface area contributed by atoms with E-state index in [1.165, 1.54) is 12.4 Å². The van der Waals surface area contributed by atoms with E-state index in [-0.39, 0.29) is 0 Å². The molecule has 0 amide bonds. The second kappa shape index (κ2) is 15.4. The summed E-state index contributed by atoms with van der Waals surface area (Å²) in [5.41, 5.74) is 0.270. The number of hydrogen-bond donors (Lipinski definition) is 1. The molecule has 154 valence electrons. The highest BCUT2D eigenvalue weighted by Crippen LogP contribution is 2.30. The molecule has 0 aliphatic carbocycles. The van der Waals surface area contributed by atoms with Crippen molar-refractivity contribution in [3.8, 4) is 107 Å². The van der Waals surface area contributed by atoms with Crippen LogP contribution in [-0.2, 0) is 6.18 Å². The molecule has 0 saturated carbocycles. The van der Waals surface area contributed by atoms with Crippen LogP contribution in [-0.4, -0.2) is 9.97 Å². The summed E-state index contributed by atoms with van der Waals surface area (Å²) >= 11 is 0. The van der Waals surface area contributed by atoms with Crippen LogP contribution in [0.25, 0.3) is 11.0 Å². The molecule has 1 aromatic heterocycles. The first kappa shape index (κ1) is 25.6. The topological polar surface area (TPSA) is 28.7 Å². The largest absolute Gasteiger partial charge is 0.416 e. The van der Waals surface area contributed by atoms with E-state index in [1.807, 2.05) is 0 Å². The number of benzene rings is 1. The number of rotatable bonds is 0. The quantitative estimate of drug-likeness (QED) is 0.633. The summed E-state index contributed by atoms with van der Waals surface area (Å²) in [6.07, 6.45) is -2.93. The van der Waals surface area contributed by atoms with Crippen molar-refractivity contribution in [2.75, 3.05) is 0 Å². The molecule has 2 aromatic rings. The summed E-state index contributed by atoms with van der Waals surface area (Å²) in [7, 11) is 0. The fraction of sp³-hybridized carbons (Fsp3) is 0.107. The van der Waals surface area contributed by atoms with E-state index >= 15 is 0 Å². The molecule has 0 unspecified atom stereocenters. The summed E-state index contributed by atoms with van der Waals surface area (Å²) in [4.78, 5) is 6.44. The number of imidazole rings is 1. The predicted octanol–water partition coefficient (Wildman–Crippen LogP) is 3.64. The zero-order valence-electron chi connectivity index (χ0n) is 17.4. The van der Waals surface area contributed by atoms with Crippen molar-refractivity contribution in [2.45, 2.75) is 20.0 Å². The number of fused-ring (bicyclic) bond motifs is 1. The molecule has 0 spiro atoms. The van der Waals surface area contributed by atoms with E-state index in [0.29, 0.717) is 11.0 Å². The van der Waals surface area contributed by atoms with Crippen LogP contribution >= 0.6 is 0 Å². The number of halogens is 3. The van der Waals surface area contributed by atoms with Crippen LogP contribution in [0.4, 0.5) is 13.2 Å².